The van der Waals surface area contributed by atoms with Gasteiger partial charge in [0.1, 0.15) is 0 Å². The average Bonchev–Trinajstić information content (AvgIpc) is 2.18. The summed E-state index contributed by atoms with van der Waals surface area (Å²) in [6, 6.07) is 0. The first-order valence-electron chi connectivity index (χ1n) is 5.41. The Morgan fingerprint density at radius 3 is 2.27 bits per heavy atom. The Hall–Kier alpha value is -0.670. The van der Waals surface area contributed by atoms with Gasteiger partial charge in [-0.2, -0.15) is 4.99 Å². The van der Waals surface area contributed by atoms with Crippen molar-refractivity contribution in [3.63, 3.8) is 0 Å². The Labute approximate surface area is 89.7 Å². The van der Waals surface area contributed by atoms with Gasteiger partial charge in [-0.15, -0.1) is 0 Å². The van der Waals surface area contributed by atoms with Crippen LogP contribution in [-0.4, -0.2) is 31.0 Å². The van der Waals surface area contributed by atoms with E-state index in [4.69, 9.17) is 0 Å². The molecule has 2 rings (SSSR count). The summed E-state index contributed by atoms with van der Waals surface area (Å²) >= 11 is 0. The Bertz CT molecular complexity index is 389. The van der Waals surface area contributed by atoms with Crippen LogP contribution >= 0.6 is 0 Å². The molecule has 2 aliphatic rings. The zero-order chi connectivity index (χ0) is 10.9. The van der Waals surface area contributed by atoms with Crippen molar-refractivity contribution in [3.05, 3.63) is 0 Å². The quantitative estimate of drug-likeness (QED) is 0.528. The van der Waals surface area contributed by atoms with Crippen LogP contribution in [-0.2, 0) is 14.6 Å². The van der Waals surface area contributed by atoms with Gasteiger partial charge in [0, 0.05) is 0 Å². The molecular weight excluding hydrogens is 214 g/mol. The first-order valence-corrected chi connectivity index (χ1v) is 7.13. The lowest BCUT2D eigenvalue weighted by Crippen LogP contribution is -2.54. The fraction of sp³-hybridized carbons (Fsp3) is 0.900. The van der Waals surface area contributed by atoms with Gasteiger partial charge in [-0.3, -0.25) is 0 Å². The molecule has 15 heavy (non-hydrogen) atoms. The minimum absolute atomic E-state index is 0.258. The number of hydrogen-bond acceptors (Lipinski definition) is 4. The molecule has 84 valence electrons. The van der Waals surface area contributed by atoms with Gasteiger partial charge in [0.2, 0.25) is 6.08 Å². The molecule has 0 aromatic rings. The fourth-order valence-corrected chi connectivity index (χ4v) is 4.60. The van der Waals surface area contributed by atoms with Gasteiger partial charge >= 0.3 is 0 Å². The van der Waals surface area contributed by atoms with E-state index in [1.807, 2.05) is 0 Å². The van der Waals surface area contributed by atoms with Crippen LogP contribution < -0.4 is 0 Å². The smallest absolute Gasteiger partial charge is 0.228 e. The van der Waals surface area contributed by atoms with E-state index < -0.39 is 20.6 Å². The second-order valence-corrected chi connectivity index (χ2v) is 6.81. The molecule has 2 fully saturated rings. The lowest BCUT2D eigenvalue weighted by atomic mass is 9.78. The van der Waals surface area contributed by atoms with Crippen molar-refractivity contribution in [1.29, 1.82) is 0 Å². The van der Waals surface area contributed by atoms with Gasteiger partial charge in [-0.25, -0.2) is 13.2 Å². The predicted octanol–water partition coefficient (Wildman–Crippen LogP) is 1.21. The molecule has 0 bridgehead atoms. The molecule has 5 heteroatoms. The zero-order valence-corrected chi connectivity index (χ0v) is 9.42. The van der Waals surface area contributed by atoms with Crippen LogP contribution in [0.1, 0.15) is 38.5 Å². The summed E-state index contributed by atoms with van der Waals surface area (Å²) in [7, 11) is -2.98. The highest BCUT2D eigenvalue weighted by Gasteiger charge is 2.52. The maximum atomic E-state index is 11.6. The zero-order valence-electron chi connectivity index (χ0n) is 8.61. The van der Waals surface area contributed by atoms with Crippen molar-refractivity contribution in [2.75, 3.05) is 5.75 Å². The molecule has 1 aliphatic heterocycles. The van der Waals surface area contributed by atoms with E-state index in [9.17, 15) is 13.2 Å². The van der Waals surface area contributed by atoms with Crippen LogP contribution in [0.2, 0.25) is 0 Å². The van der Waals surface area contributed by atoms with Crippen molar-refractivity contribution in [3.8, 4) is 0 Å². The summed E-state index contributed by atoms with van der Waals surface area (Å²) in [6.45, 7) is 0. The van der Waals surface area contributed by atoms with Crippen LogP contribution in [0.25, 0.3) is 0 Å². The predicted molar refractivity (Wildman–Crippen MR) is 56.1 cm³/mol. The molecule has 0 aromatic carbocycles. The first-order chi connectivity index (χ1) is 7.11. The summed E-state index contributed by atoms with van der Waals surface area (Å²) < 4.78 is 23.2. The molecule has 0 spiro atoms. The van der Waals surface area contributed by atoms with Crippen molar-refractivity contribution in [2.24, 2.45) is 4.99 Å². The number of isocyanates is 1. The number of carbonyl (C=O) groups excluding carboxylic acids is 1. The Morgan fingerprint density at radius 1 is 1.20 bits per heavy atom. The topological polar surface area (TPSA) is 63.6 Å². The molecule has 1 atom stereocenters. The second-order valence-electron chi connectivity index (χ2n) is 4.51. The second kappa shape index (κ2) is 3.72. The van der Waals surface area contributed by atoms with Crippen LogP contribution in [0.15, 0.2) is 4.99 Å². The van der Waals surface area contributed by atoms with Gasteiger partial charge in [-0.1, -0.05) is 19.3 Å². The van der Waals surface area contributed by atoms with Crippen LogP contribution in [0.4, 0.5) is 0 Å². The highest BCUT2D eigenvalue weighted by Crippen LogP contribution is 2.42. The molecule has 1 heterocycles. The largest absolute Gasteiger partial charge is 0.235 e. The third-order valence-electron chi connectivity index (χ3n) is 3.69. The Kier molecular flexibility index (Phi) is 2.69. The molecule has 0 aromatic heterocycles. The van der Waals surface area contributed by atoms with Crippen molar-refractivity contribution in [2.45, 2.75) is 49.3 Å². The molecule has 1 aliphatic carbocycles. The molecule has 0 amide bonds. The molecule has 4 nitrogen and oxygen atoms in total. The third kappa shape index (κ3) is 1.74. The minimum Gasteiger partial charge on any atom is -0.228 e. The normalized spacial score (nSPS) is 32.4. The Balaban J connectivity index is 2.30. The number of hydrogen-bond donors (Lipinski definition) is 0. The molecular formula is C10H15NO3S. The molecule has 1 saturated heterocycles. The summed E-state index contributed by atoms with van der Waals surface area (Å²) in [6.07, 6.45) is 6.75. The number of rotatable bonds is 2. The van der Waals surface area contributed by atoms with Gasteiger partial charge in [0.05, 0.1) is 16.5 Å². The van der Waals surface area contributed by atoms with E-state index in [1.165, 1.54) is 0 Å². The summed E-state index contributed by atoms with van der Waals surface area (Å²) in [5.41, 5.74) is -0.628. The van der Waals surface area contributed by atoms with Crippen molar-refractivity contribution >= 4 is 15.9 Å². The van der Waals surface area contributed by atoms with Gasteiger partial charge in [0.25, 0.3) is 0 Å². The van der Waals surface area contributed by atoms with Gasteiger partial charge in [-0.05, 0) is 19.3 Å². The summed E-state index contributed by atoms with van der Waals surface area (Å²) in [5, 5.41) is -0.410. The highest BCUT2D eigenvalue weighted by atomic mass is 32.2. The van der Waals surface area contributed by atoms with Gasteiger partial charge in [0.15, 0.2) is 9.84 Å². The van der Waals surface area contributed by atoms with E-state index in [1.54, 1.807) is 6.08 Å². The van der Waals surface area contributed by atoms with E-state index in [0.717, 1.165) is 32.1 Å². The van der Waals surface area contributed by atoms with Gasteiger partial charge < -0.3 is 0 Å². The SMILES string of the molecule is O=C=NC1(C2CCS2(=O)=O)CCCCC1. The van der Waals surface area contributed by atoms with E-state index in [-0.39, 0.29) is 5.75 Å². The lowest BCUT2D eigenvalue weighted by molar-refractivity contribution is 0.269. The third-order valence-corrected chi connectivity index (χ3v) is 6.03. The maximum Gasteiger partial charge on any atom is 0.235 e. The maximum absolute atomic E-state index is 11.6. The molecule has 1 unspecified atom stereocenters. The van der Waals surface area contributed by atoms with Crippen molar-refractivity contribution in [1.82, 2.24) is 0 Å². The number of nitrogens with zero attached hydrogens (tertiary/aromatic N) is 1. The first kappa shape index (κ1) is 10.8. The number of sulfone groups is 1. The fourth-order valence-electron chi connectivity index (χ4n) is 2.79. The molecule has 0 N–H and O–H groups in total. The monoisotopic (exact) mass is 229 g/mol. The molecule has 0 radical (unpaired) electrons. The standard InChI is InChI=1S/C10H15NO3S/c12-8-11-10(5-2-1-3-6-10)9-4-7-15(9,13)14/h9H,1-7H2. The van der Waals surface area contributed by atoms with Crippen LogP contribution in [0.5, 0.6) is 0 Å². The van der Waals surface area contributed by atoms with E-state index in [0.29, 0.717) is 6.42 Å². The molecule has 1 saturated carbocycles. The highest BCUT2D eigenvalue weighted by molar-refractivity contribution is 7.93. The van der Waals surface area contributed by atoms with E-state index >= 15 is 0 Å². The van der Waals surface area contributed by atoms with E-state index in [2.05, 4.69) is 4.99 Å². The van der Waals surface area contributed by atoms with Crippen LogP contribution in [0.3, 0.4) is 0 Å². The van der Waals surface area contributed by atoms with Crippen molar-refractivity contribution < 1.29 is 13.2 Å². The average molecular weight is 229 g/mol. The minimum atomic E-state index is -2.98. The van der Waals surface area contributed by atoms with Crippen LogP contribution in [0, 0.1) is 0 Å². The summed E-state index contributed by atoms with van der Waals surface area (Å²) in [4.78, 5) is 14.3. The Morgan fingerprint density at radius 2 is 1.87 bits per heavy atom. The lowest BCUT2D eigenvalue weighted by Gasteiger charge is -2.43. The summed E-state index contributed by atoms with van der Waals surface area (Å²) in [5.74, 6) is 0.258. The number of aliphatic imine (C=N–C) groups is 1.